The van der Waals surface area contributed by atoms with E-state index in [2.05, 4.69) is 31.1 Å². The van der Waals surface area contributed by atoms with Gasteiger partial charge in [0.2, 0.25) is 5.91 Å². The van der Waals surface area contributed by atoms with Crippen molar-refractivity contribution in [3.05, 3.63) is 30.1 Å². The van der Waals surface area contributed by atoms with Gasteiger partial charge in [-0.2, -0.15) is 0 Å². The van der Waals surface area contributed by atoms with E-state index in [0.29, 0.717) is 6.54 Å². The van der Waals surface area contributed by atoms with Crippen molar-refractivity contribution in [1.29, 1.82) is 0 Å². The Labute approximate surface area is 115 Å². The summed E-state index contributed by atoms with van der Waals surface area (Å²) in [5.74, 6) is -0.106. The average Bonchev–Trinajstić information content (AvgIpc) is 2.35. The molecule has 0 spiro atoms. The fourth-order valence-corrected chi connectivity index (χ4v) is 2.09. The lowest BCUT2D eigenvalue weighted by atomic mass is 9.84. The molecule has 0 bridgehead atoms. The molecule has 1 heterocycles. The summed E-state index contributed by atoms with van der Waals surface area (Å²) in [5, 5.41) is 3.02. The number of nitrogens with one attached hydrogen (secondary N) is 1. The Hall–Kier alpha value is -1.42. The minimum Gasteiger partial charge on any atom is -0.349 e. The molecule has 1 aromatic rings. The van der Waals surface area contributed by atoms with E-state index in [1.165, 1.54) is 0 Å². The van der Waals surface area contributed by atoms with Gasteiger partial charge in [-0.15, -0.1) is 0 Å². The van der Waals surface area contributed by atoms with Crippen molar-refractivity contribution in [2.24, 2.45) is 17.1 Å². The summed E-state index contributed by atoms with van der Waals surface area (Å²) in [4.78, 5) is 16.2. The van der Waals surface area contributed by atoms with Crippen LogP contribution < -0.4 is 11.1 Å². The predicted molar refractivity (Wildman–Crippen MR) is 77.4 cm³/mol. The number of hydrogen-bond donors (Lipinski definition) is 2. The molecule has 19 heavy (non-hydrogen) atoms. The van der Waals surface area contributed by atoms with Crippen LogP contribution in [0.1, 0.15) is 45.7 Å². The van der Waals surface area contributed by atoms with Gasteiger partial charge in [0, 0.05) is 18.9 Å². The number of hydrogen-bond acceptors (Lipinski definition) is 3. The van der Waals surface area contributed by atoms with Crippen LogP contribution in [0.2, 0.25) is 0 Å². The van der Waals surface area contributed by atoms with E-state index in [0.717, 1.165) is 12.0 Å². The summed E-state index contributed by atoms with van der Waals surface area (Å²) >= 11 is 0. The maximum absolute atomic E-state index is 12.2. The first-order valence-corrected chi connectivity index (χ1v) is 6.74. The van der Waals surface area contributed by atoms with Gasteiger partial charge < -0.3 is 11.1 Å². The van der Waals surface area contributed by atoms with Crippen LogP contribution in [0.15, 0.2) is 24.5 Å². The quantitative estimate of drug-likeness (QED) is 0.856. The molecule has 2 atom stereocenters. The number of amides is 1. The Morgan fingerprint density at radius 1 is 1.37 bits per heavy atom. The summed E-state index contributed by atoms with van der Waals surface area (Å²) in [6.45, 7) is 8.71. The van der Waals surface area contributed by atoms with E-state index in [1.54, 1.807) is 12.4 Å². The average molecular weight is 263 g/mol. The molecule has 0 aliphatic rings. The van der Waals surface area contributed by atoms with Crippen molar-refractivity contribution < 1.29 is 4.79 Å². The van der Waals surface area contributed by atoms with Gasteiger partial charge >= 0.3 is 0 Å². The van der Waals surface area contributed by atoms with Crippen LogP contribution in [0.4, 0.5) is 0 Å². The highest BCUT2D eigenvalue weighted by molar-refractivity contribution is 5.79. The van der Waals surface area contributed by atoms with E-state index >= 15 is 0 Å². The van der Waals surface area contributed by atoms with Crippen LogP contribution in [-0.4, -0.2) is 17.4 Å². The minimum absolute atomic E-state index is 0.0236. The number of rotatable bonds is 5. The molecule has 0 aliphatic carbocycles. The molecule has 0 fully saturated rings. The smallest absolute Gasteiger partial charge is 0.224 e. The lowest BCUT2D eigenvalue weighted by Crippen LogP contribution is -2.38. The standard InChI is InChI=1S/C15H25N3O/c1-11(12-5-7-17-8-6-12)18-14(19)13(10-16)9-15(2,3)4/h5-8,11,13H,9-10,16H2,1-4H3,(H,18,19)/t11-,13?/m1/s1. The molecule has 1 aromatic heterocycles. The third kappa shape index (κ3) is 5.39. The summed E-state index contributed by atoms with van der Waals surface area (Å²) < 4.78 is 0. The number of nitrogens with zero attached hydrogens (tertiary/aromatic N) is 1. The van der Waals surface area contributed by atoms with Gasteiger partial charge in [-0.3, -0.25) is 9.78 Å². The molecule has 4 nitrogen and oxygen atoms in total. The van der Waals surface area contributed by atoms with Gasteiger partial charge in [-0.1, -0.05) is 20.8 Å². The van der Waals surface area contributed by atoms with Crippen molar-refractivity contribution in [2.45, 2.75) is 40.2 Å². The normalized spacial score (nSPS) is 14.8. The number of carbonyl (C=O) groups excluding carboxylic acids is 1. The highest BCUT2D eigenvalue weighted by Gasteiger charge is 2.24. The maximum atomic E-state index is 12.2. The van der Waals surface area contributed by atoms with Crippen LogP contribution in [-0.2, 0) is 4.79 Å². The van der Waals surface area contributed by atoms with E-state index in [1.807, 2.05) is 19.1 Å². The Balaban J connectivity index is 2.62. The molecule has 1 unspecified atom stereocenters. The van der Waals surface area contributed by atoms with Crippen LogP contribution in [0.5, 0.6) is 0 Å². The largest absolute Gasteiger partial charge is 0.349 e. The fourth-order valence-electron chi connectivity index (χ4n) is 2.09. The molecule has 0 aliphatic heterocycles. The summed E-state index contributed by atoms with van der Waals surface area (Å²) in [6, 6.07) is 3.79. The van der Waals surface area contributed by atoms with Gasteiger partial charge in [-0.25, -0.2) is 0 Å². The second-order valence-corrected chi connectivity index (χ2v) is 6.21. The number of pyridine rings is 1. The van der Waals surface area contributed by atoms with Crippen molar-refractivity contribution in [3.63, 3.8) is 0 Å². The highest BCUT2D eigenvalue weighted by atomic mass is 16.1. The van der Waals surface area contributed by atoms with E-state index in [4.69, 9.17) is 5.73 Å². The second kappa shape index (κ2) is 6.66. The van der Waals surface area contributed by atoms with Crippen LogP contribution in [0.25, 0.3) is 0 Å². The number of nitrogens with two attached hydrogens (primary N) is 1. The molecule has 106 valence electrons. The van der Waals surface area contributed by atoms with Gasteiger partial charge in [0.15, 0.2) is 0 Å². The molecular formula is C15H25N3O. The molecule has 1 amide bonds. The Bertz CT molecular complexity index is 398. The maximum Gasteiger partial charge on any atom is 0.224 e. The Morgan fingerprint density at radius 3 is 2.42 bits per heavy atom. The molecule has 1 rings (SSSR count). The Kier molecular flexibility index (Phi) is 5.48. The highest BCUT2D eigenvalue weighted by Crippen LogP contribution is 2.24. The van der Waals surface area contributed by atoms with Gasteiger partial charge in [-0.05, 0) is 36.5 Å². The Morgan fingerprint density at radius 2 is 1.95 bits per heavy atom. The molecular weight excluding hydrogens is 238 g/mol. The number of aromatic nitrogens is 1. The van der Waals surface area contributed by atoms with Gasteiger partial charge in [0.25, 0.3) is 0 Å². The summed E-state index contributed by atoms with van der Waals surface area (Å²) in [5.41, 5.74) is 6.87. The van der Waals surface area contributed by atoms with Crippen molar-refractivity contribution in [3.8, 4) is 0 Å². The molecule has 0 radical (unpaired) electrons. The van der Waals surface area contributed by atoms with Gasteiger partial charge in [0.1, 0.15) is 0 Å². The van der Waals surface area contributed by atoms with Crippen molar-refractivity contribution in [1.82, 2.24) is 10.3 Å². The first-order valence-electron chi connectivity index (χ1n) is 6.74. The number of carbonyl (C=O) groups is 1. The predicted octanol–water partition coefficient (Wildman–Crippen LogP) is 2.27. The fraction of sp³-hybridized carbons (Fsp3) is 0.600. The van der Waals surface area contributed by atoms with Crippen LogP contribution in [0.3, 0.4) is 0 Å². The lowest BCUT2D eigenvalue weighted by molar-refractivity contribution is -0.126. The zero-order chi connectivity index (χ0) is 14.5. The lowest BCUT2D eigenvalue weighted by Gasteiger charge is -2.25. The first kappa shape index (κ1) is 15.6. The first-order chi connectivity index (χ1) is 8.83. The van der Waals surface area contributed by atoms with Crippen LogP contribution in [0, 0.1) is 11.3 Å². The van der Waals surface area contributed by atoms with Crippen LogP contribution >= 0.6 is 0 Å². The molecule has 3 N–H and O–H groups in total. The third-order valence-corrected chi connectivity index (χ3v) is 3.08. The summed E-state index contributed by atoms with van der Waals surface area (Å²) in [7, 11) is 0. The zero-order valence-corrected chi connectivity index (χ0v) is 12.3. The van der Waals surface area contributed by atoms with E-state index in [-0.39, 0.29) is 23.3 Å². The summed E-state index contributed by atoms with van der Waals surface area (Å²) in [6.07, 6.45) is 4.25. The zero-order valence-electron chi connectivity index (χ0n) is 12.3. The second-order valence-electron chi connectivity index (χ2n) is 6.21. The molecule has 4 heteroatoms. The molecule has 0 aromatic carbocycles. The van der Waals surface area contributed by atoms with Crippen molar-refractivity contribution >= 4 is 5.91 Å². The van der Waals surface area contributed by atoms with Crippen molar-refractivity contribution in [2.75, 3.05) is 6.54 Å². The SMILES string of the molecule is C[C@@H](NC(=O)C(CN)CC(C)(C)C)c1ccncc1. The third-order valence-electron chi connectivity index (χ3n) is 3.08. The monoisotopic (exact) mass is 263 g/mol. The van der Waals surface area contributed by atoms with Gasteiger partial charge in [0.05, 0.1) is 12.0 Å². The molecule has 0 saturated carbocycles. The van der Waals surface area contributed by atoms with E-state index < -0.39 is 0 Å². The topological polar surface area (TPSA) is 68.0 Å². The minimum atomic E-state index is -0.135. The molecule has 0 saturated heterocycles. The van der Waals surface area contributed by atoms with E-state index in [9.17, 15) is 4.79 Å².